The van der Waals surface area contributed by atoms with E-state index < -0.39 is 6.04 Å². The summed E-state index contributed by atoms with van der Waals surface area (Å²) in [6, 6.07) is 16.1. The maximum absolute atomic E-state index is 12.5. The molecule has 4 rings (SSSR count). The first-order chi connectivity index (χ1) is 13.2. The molecule has 0 fully saturated rings. The zero-order chi connectivity index (χ0) is 18.8. The third kappa shape index (κ3) is 3.15. The topological polar surface area (TPSA) is 85.2 Å². The lowest BCUT2D eigenvalue weighted by Gasteiger charge is -2.12. The molecule has 0 radical (unpaired) electrons. The minimum absolute atomic E-state index is 0.0210. The van der Waals surface area contributed by atoms with Gasteiger partial charge < -0.3 is 15.4 Å². The highest BCUT2D eigenvalue weighted by molar-refractivity contribution is 6.04. The largest absolute Gasteiger partial charge is 0.495 e. The van der Waals surface area contributed by atoms with Gasteiger partial charge in [0.25, 0.3) is 5.91 Å². The van der Waals surface area contributed by atoms with E-state index in [9.17, 15) is 9.59 Å². The van der Waals surface area contributed by atoms with E-state index in [0.29, 0.717) is 17.3 Å². The molecule has 0 spiro atoms. The van der Waals surface area contributed by atoms with E-state index in [1.54, 1.807) is 29.1 Å². The van der Waals surface area contributed by atoms with Crippen LogP contribution in [0.15, 0.2) is 60.8 Å². The van der Waals surface area contributed by atoms with Crippen LogP contribution in [0.3, 0.4) is 0 Å². The van der Waals surface area contributed by atoms with Crippen molar-refractivity contribution >= 4 is 23.3 Å². The number of para-hydroxylation sites is 2. The van der Waals surface area contributed by atoms with Crippen molar-refractivity contribution in [3.8, 4) is 16.9 Å². The van der Waals surface area contributed by atoms with Crippen molar-refractivity contribution in [1.29, 1.82) is 0 Å². The highest BCUT2D eigenvalue weighted by atomic mass is 16.5. The number of amides is 2. The predicted octanol–water partition coefficient (Wildman–Crippen LogP) is 3.08. The molecule has 7 nitrogen and oxygen atoms in total. The van der Waals surface area contributed by atoms with E-state index in [4.69, 9.17) is 4.74 Å². The van der Waals surface area contributed by atoms with Gasteiger partial charge in [0, 0.05) is 5.56 Å². The normalized spacial score (nSPS) is 15.1. The van der Waals surface area contributed by atoms with Crippen molar-refractivity contribution in [3.63, 3.8) is 0 Å². The van der Waals surface area contributed by atoms with Crippen LogP contribution in [0.5, 0.6) is 5.75 Å². The summed E-state index contributed by atoms with van der Waals surface area (Å²) in [5.74, 6) is 0.642. The Morgan fingerprint density at radius 3 is 2.70 bits per heavy atom. The summed E-state index contributed by atoms with van der Waals surface area (Å²) in [6.45, 7) is 0. The Labute approximate surface area is 156 Å². The molecule has 0 saturated heterocycles. The molecule has 1 atom stereocenters. The van der Waals surface area contributed by atoms with Gasteiger partial charge in [-0.15, -0.1) is 0 Å². The van der Waals surface area contributed by atoms with E-state index >= 15 is 0 Å². The SMILES string of the molecule is COc1ccccc1NC(=O)C[C@H]1C(=O)Nc2c(-c3ccccc3)cnn21. The van der Waals surface area contributed by atoms with Crippen molar-refractivity contribution in [2.45, 2.75) is 12.5 Å². The Bertz CT molecular complexity index is 997. The van der Waals surface area contributed by atoms with Gasteiger partial charge in [-0.1, -0.05) is 42.5 Å². The van der Waals surface area contributed by atoms with E-state index in [2.05, 4.69) is 15.7 Å². The van der Waals surface area contributed by atoms with Gasteiger partial charge in [0.2, 0.25) is 5.91 Å². The molecular weight excluding hydrogens is 344 g/mol. The second-order valence-electron chi connectivity index (χ2n) is 6.18. The van der Waals surface area contributed by atoms with E-state index in [0.717, 1.165) is 11.1 Å². The summed E-state index contributed by atoms with van der Waals surface area (Å²) in [5.41, 5.74) is 2.35. The minimum atomic E-state index is -0.688. The smallest absolute Gasteiger partial charge is 0.251 e. The molecule has 136 valence electrons. The summed E-state index contributed by atoms with van der Waals surface area (Å²) < 4.78 is 6.81. The lowest BCUT2D eigenvalue weighted by molar-refractivity contribution is -0.123. The first-order valence-corrected chi connectivity index (χ1v) is 8.54. The quantitative estimate of drug-likeness (QED) is 0.730. The number of aromatic nitrogens is 2. The molecule has 0 saturated carbocycles. The van der Waals surface area contributed by atoms with Gasteiger partial charge in [-0.25, -0.2) is 4.68 Å². The number of nitrogens with one attached hydrogen (secondary N) is 2. The zero-order valence-corrected chi connectivity index (χ0v) is 14.7. The molecule has 0 bridgehead atoms. The fourth-order valence-corrected chi connectivity index (χ4v) is 3.17. The van der Waals surface area contributed by atoms with Crippen LogP contribution >= 0.6 is 0 Å². The van der Waals surface area contributed by atoms with Gasteiger partial charge in [-0.3, -0.25) is 9.59 Å². The van der Waals surface area contributed by atoms with Crippen molar-refractivity contribution in [2.24, 2.45) is 0 Å². The number of anilines is 2. The van der Waals surface area contributed by atoms with Crippen LogP contribution in [0.4, 0.5) is 11.5 Å². The van der Waals surface area contributed by atoms with Gasteiger partial charge in [0.1, 0.15) is 17.6 Å². The third-order valence-corrected chi connectivity index (χ3v) is 4.48. The number of carbonyl (C=O) groups is 2. The van der Waals surface area contributed by atoms with Crippen LogP contribution in [0.1, 0.15) is 12.5 Å². The van der Waals surface area contributed by atoms with Crippen LogP contribution in [0, 0.1) is 0 Å². The van der Waals surface area contributed by atoms with Crippen molar-refractivity contribution < 1.29 is 14.3 Å². The summed E-state index contributed by atoms with van der Waals surface area (Å²) in [5, 5.41) is 9.96. The van der Waals surface area contributed by atoms with E-state index in [1.807, 2.05) is 36.4 Å². The first kappa shape index (κ1) is 16.8. The van der Waals surface area contributed by atoms with Gasteiger partial charge in [-0.05, 0) is 17.7 Å². The standard InChI is InChI=1S/C20H18N4O3/c1-27-17-10-6-5-9-15(17)22-18(25)11-16-20(26)23-19-14(12-21-24(16)19)13-7-3-2-4-8-13/h2-10,12,16H,11H2,1H3,(H,22,25)(H,23,26)/t16-/m0/s1. The Morgan fingerprint density at radius 1 is 1.19 bits per heavy atom. The number of nitrogens with zero attached hydrogens (tertiary/aromatic N) is 2. The molecule has 7 heteroatoms. The number of fused-ring (bicyclic) bond motifs is 1. The van der Waals surface area contributed by atoms with Crippen molar-refractivity contribution in [1.82, 2.24) is 9.78 Å². The molecule has 2 amide bonds. The third-order valence-electron chi connectivity index (χ3n) is 4.48. The van der Waals surface area contributed by atoms with Crippen LogP contribution in [0.25, 0.3) is 11.1 Å². The number of carbonyl (C=O) groups excluding carboxylic acids is 2. The number of hydrogen-bond acceptors (Lipinski definition) is 4. The monoisotopic (exact) mass is 362 g/mol. The van der Waals surface area contributed by atoms with Crippen LogP contribution in [-0.2, 0) is 9.59 Å². The highest BCUT2D eigenvalue weighted by Gasteiger charge is 2.35. The van der Waals surface area contributed by atoms with Crippen molar-refractivity contribution in [3.05, 3.63) is 60.8 Å². The summed E-state index contributed by atoms with van der Waals surface area (Å²) in [4.78, 5) is 24.9. The molecule has 0 unspecified atom stereocenters. The van der Waals surface area contributed by atoms with Gasteiger partial charge in [0.05, 0.1) is 25.4 Å². The zero-order valence-electron chi connectivity index (χ0n) is 14.7. The molecule has 1 aliphatic heterocycles. The van der Waals surface area contributed by atoms with E-state index in [1.165, 1.54) is 7.11 Å². The maximum atomic E-state index is 12.5. The molecule has 1 aliphatic rings. The molecule has 27 heavy (non-hydrogen) atoms. The average Bonchev–Trinajstić information content (AvgIpc) is 3.22. The van der Waals surface area contributed by atoms with Gasteiger partial charge in [0.15, 0.2) is 0 Å². The summed E-state index contributed by atoms with van der Waals surface area (Å²) in [6.07, 6.45) is 1.68. The van der Waals surface area contributed by atoms with Crippen LogP contribution in [-0.4, -0.2) is 28.7 Å². The Hall–Kier alpha value is -3.61. The van der Waals surface area contributed by atoms with E-state index in [-0.39, 0.29) is 18.2 Å². The van der Waals surface area contributed by atoms with Gasteiger partial charge in [-0.2, -0.15) is 5.10 Å². The average molecular weight is 362 g/mol. The molecular formula is C20H18N4O3. The number of hydrogen-bond donors (Lipinski definition) is 2. The fourth-order valence-electron chi connectivity index (χ4n) is 3.17. The first-order valence-electron chi connectivity index (χ1n) is 8.54. The molecule has 2 N–H and O–H groups in total. The number of rotatable bonds is 5. The minimum Gasteiger partial charge on any atom is -0.495 e. The Morgan fingerprint density at radius 2 is 1.93 bits per heavy atom. The molecule has 2 heterocycles. The maximum Gasteiger partial charge on any atom is 0.251 e. The Kier molecular flexibility index (Phi) is 4.33. The highest BCUT2D eigenvalue weighted by Crippen LogP contribution is 2.35. The van der Waals surface area contributed by atoms with Crippen LogP contribution < -0.4 is 15.4 Å². The second kappa shape index (κ2) is 6.95. The molecule has 1 aromatic heterocycles. The lowest BCUT2D eigenvalue weighted by atomic mass is 10.1. The van der Waals surface area contributed by atoms with Crippen molar-refractivity contribution in [2.75, 3.05) is 17.7 Å². The molecule has 0 aliphatic carbocycles. The van der Waals surface area contributed by atoms with Gasteiger partial charge >= 0.3 is 0 Å². The molecule has 2 aromatic carbocycles. The fraction of sp³-hybridized carbons (Fsp3) is 0.150. The number of methoxy groups -OCH3 is 1. The molecule has 3 aromatic rings. The lowest BCUT2D eigenvalue weighted by Crippen LogP contribution is -2.23. The number of benzene rings is 2. The van der Waals surface area contributed by atoms with Crippen LogP contribution in [0.2, 0.25) is 0 Å². The predicted molar refractivity (Wildman–Crippen MR) is 102 cm³/mol. The summed E-state index contributed by atoms with van der Waals surface area (Å²) >= 11 is 0. The Balaban J connectivity index is 1.54. The second-order valence-corrected chi connectivity index (χ2v) is 6.18. The summed E-state index contributed by atoms with van der Waals surface area (Å²) in [7, 11) is 1.54. The number of ether oxygens (including phenoxy) is 1.